The average molecular weight is 624 g/mol. The second-order valence-electron chi connectivity index (χ2n) is 9.60. The lowest BCUT2D eigenvalue weighted by Gasteiger charge is -2.33. The SMILES string of the molecule is CNC(=O)[C@@H](Cc1ccccc1)N(Cc1ccccc1Cl)C(=O)CN(c1ccc(F)cc1)S(=O)(=O)c1ccc(OC)cc1. The van der Waals surface area contributed by atoms with Gasteiger partial charge in [-0.15, -0.1) is 0 Å². The molecule has 0 aromatic heterocycles. The minimum Gasteiger partial charge on any atom is -0.497 e. The second kappa shape index (κ2) is 14.2. The Balaban J connectivity index is 1.79. The molecule has 0 spiro atoms. The number of carbonyl (C=O) groups is 2. The number of ether oxygens (including phenoxy) is 1. The molecule has 0 aliphatic heterocycles. The highest BCUT2D eigenvalue weighted by Crippen LogP contribution is 2.27. The maximum atomic E-state index is 14.2. The van der Waals surface area contributed by atoms with Gasteiger partial charge in [-0.2, -0.15) is 0 Å². The fraction of sp³-hybridized carbons (Fsp3) is 0.188. The first-order valence-electron chi connectivity index (χ1n) is 13.3. The van der Waals surface area contributed by atoms with Crippen molar-refractivity contribution >= 4 is 39.1 Å². The largest absolute Gasteiger partial charge is 0.497 e. The highest BCUT2D eigenvalue weighted by Gasteiger charge is 2.34. The Labute approximate surface area is 255 Å². The van der Waals surface area contributed by atoms with E-state index in [4.69, 9.17) is 16.3 Å². The second-order valence-corrected chi connectivity index (χ2v) is 11.9. The monoisotopic (exact) mass is 623 g/mol. The molecule has 1 N–H and O–H groups in total. The standard InChI is InChI=1S/C32H31ClFN3O5S/c1-35-32(39)30(20-23-8-4-3-5-9-23)36(21-24-10-6-7-11-29(24)33)31(38)22-37(26-14-12-25(34)13-15-26)43(40,41)28-18-16-27(42-2)17-19-28/h3-19,30H,20-22H2,1-2H3,(H,35,39)/t30-/m1/s1. The Morgan fingerprint density at radius 3 is 2.14 bits per heavy atom. The van der Waals surface area contributed by atoms with Gasteiger partial charge in [0.15, 0.2) is 0 Å². The van der Waals surface area contributed by atoms with Gasteiger partial charge in [0.25, 0.3) is 10.0 Å². The summed E-state index contributed by atoms with van der Waals surface area (Å²) in [6.07, 6.45) is 0.165. The zero-order valence-electron chi connectivity index (χ0n) is 23.6. The van der Waals surface area contributed by atoms with Crippen LogP contribution in [0.4, 0.5) is 10.1 Å². The lowest BCUT2D eigenvalue weighted by Crippen LogP contribution is -2.53. The van der Waals surface area contributed by atoms with Gasteiger partial charge in [0.1, 0.15) is 24.2 Å². The van der Waals surface area contributed by atoms with Crippen LogP contribution in [0.5, 0.6) is 5.75 Å². The molecule has 4 rings (SSSR count). The normalized spacial score (nSPS) is 11.8. The molecule has 0 fully saturated rings. The minimum atomic E-state index is -4.33. The Morgan fingerprint density at radius 1 is 0.907 bits per heavy atom. The van der Waals surface area contributed by atoms with Gasteiger partial charge in [-0.25, -0.2) is 12.8 Å². The van der Waals surface area contributed by atoms with Crippen LogP contribution >= 0.6 is 11.6 Å². The molecular weight excluding hydrogens is 593 g/mol. The number of benzene rings is 4. The van der Waals surface area contributed by atoms with Crippen LogP contribution in [-0.2, 0) is 32.6 Å². The van der Waals surface area contributed by atoms with Crippen LogP contribution in [0.25, 0.3) is 0 Å². The van der Waals surface area contributed by atoms with Crippen LogP contribution in [-0.4, -0.2) is 51.9 Å². The molecule has 0 bridgehead atoms. The van der Waals surface area contributed by atoms with E-state index in [0.29, 0.717) is 16.3 Å². The van der Waals surface area contributed by atoms with Crippen LogP contribution in [0, 0.1) is 5.82 Å². The molecule has 224 valence electrons. The predicted molar refractivity (Wildman–Crippen MR) is 164 cm³/mol. The number of hydrogen-bond donors (Lipinski definition) is 1. The topological polar surface area (TPSA) is 96.0 Å². The number of methoxy groups -OCH3 is 1. The number of rotatable bonds is 12. The van der Waals surface area contributed by atoms with Crippen LogP contribution < -0.4 is 14.4 Å². The fourth-order valence-corrected chi connectivity index (χ4v) is 6.15. The zero-order valence-corrected chi connectivity index (χ0v) is 25.2. The van der Waals surface area contributed by atoms with E-state index >= 15 is 0 Å². The number of halogens is 2. The van der Waals surface area contributed by atoms with Gasteiger partial charge < -0.3 is 15.0 Å². The summed E-state index contributed by atoms with van der Waals surface area (Å²) in [5.41, 5.74) is 1.45. The summed E-state index contributed by atoms with van der Waals surface area (Å²) in [6, 6.07) is 25.6. The molecule has 4 aromatic carbocycles. The fourth-order valence-electron chi connectivity index (χ4n) is 4.54. The number of carbonyl (C=O) groups excluding carboxylic acids is 2. The summed E-state index contributed by atoms with van der Waals surface area (Å²) in [6.45, 7) is -0.740. The molecule has 0 saturated carbocycles. The van der Waals surface area contributed by atoms with Crippen LogP contribution in [0.1, 0.15) is 11.1 Å². The van der Waals surface area contributed by atoms with Gasteiger partial charge in [-0.05, 0) is 65.7 Å². The molecule has 1 atom stereocenters. The third-order valence-corrected chi connectivity index (χ3v) is 9.01. The number of likely N-dealkylation sites (N-methyl/N-ethyl adjacent to an activating group) is 1. The third-order valence-electron chi connectivity index (χ3n) is 6.86. The molecule has 4 aromatic rings. The maximum absolute atomic E-state index is 14.2. The van der Waals surface area contributed by atoms with Crippen molar-refractivity contribution in [3.63, 3.8) is 0 Å². The Bertz CT molecular complexity index is 1650. The van der Waals surface area contributed by atoms with Gasteiger partial charge in [0, 0.05) is 25.0 Å². The first-order valence-corrected chi connectivity index (χ1v) is 15.2. The van der Waals surface area contributed by atoms with E-state index in [1.165, 1.54) is 55.5 Å². The van der Waals surface area contributed by atoms with Crippen molar-refractivity contribution in [1.29, 1.82) is 0 Å². The number of hydrogen-bond acceptors (Lipinski definition) is 5. The Hall–Kier alpha value is -4.41. The summed E-state index contributed by atoms with van der Waals surface area (Å²) in [5, 5.41) is 3.01. The first-order chi connectivity index (χ1) is 20.6. The van der Waals surface area contributed by atoms with E-state index in [1.807, 2.05) is 30.3 Å². The molecule has 0 saturated heterocycles. The highest BCUT2D eigenvalue weighted by atomic mass is 35.5. The van der Waals surface area contributed by atoms with Crippen LogP contribution in [0.3, 0.4) is 0 Å². The molecule has 0 aliphatic rings. The van der Waals surface area contributed by atoms with E-state index in [-0.39, 0.29) is 23.5 Å². The van der Waals surface area contributed by atoms with Crippen molar-refractivity contribution in [2.45, 2.75) is 23.9 Å². The van der Waals surface area contributed by atoms with Crippen molar-refractivity contribution < 1.29 is 27.1 Å². The summed E-state index contributed by atoms with van der Waals surface area (Å²) in [5.74, 6) is -1.22. The van der Waals surface area contributed by atoms with Crippen molar-refractivity contribution in [1.82, 2.24) is 10.2 Å². The lowest BCUT2D eigenvalue weighted by atomic mass is 10.0. The molecule has 0 aliphatic carbocycles. The third kappa shape index (κ3) is 7.71. The maximum Gasteiger partial charge on any atom is 0.264 e. The molecule has 11 heteroatoms. The molecular formula is C32H31ClFN3O5S. The van der Waals surface area contributed by atoms with Crippen LogP contribution in [0.2, 0.25) is 5.02 Å². The van der Waals surface area contributed by atoms with Crippen molar-refractivity contribution in [3.8, 4) is 5.75 Å². The van der Waals surface area contributed by atoms with E-state index in [0.717, 1.165) is 22.0 Å². The van der Waals surface area contributed by atoms with E-state index in [1.54, 1.807) is 24.3 Å². The lowest BCUT2D eigenvalue weighted by molar-refractivity contribution is -0.139. The van der Waals surface area contributed by atoms with Gasteiger partial charge in [0.05, 0.1) is 17.7 Å². The molecule has 43 heavy (non-hydrogen) atoms. The molecule has 0 unspecified atom stereocenters. The molecule has 8 nitrogen and oxygen atoms in total. The first kappa shape index (κ1) is 31.5. The summed E-state index contributed by atoms with van der Waals surface area (Å²) < 4.78 is 47.8. The Morgan fingerprint density at radius 2 is 1.53 bits per heavy atom. The van der Waals surface area contributed by atoms with E-state index in [9.17, 15) is 22.4 Å². The quantitative estimate of drug-likeness (QED) is 0.238. The molecule has 0 radical (unpaired) electrons. The Kier molecular flexibility index (Phi) is 10.4. The van der Waals surface area contributed by atoms with E-state index < -0.39 is 40.2 Å². The van der Waals surface area contributed by atoms with Crippen molar-refractivity contribution in [2.24, 2.45) is 0 Å². The van der Waals surface area contributed by atoms with Crippen LogP contribution in [0.15, 0.2) is 108 Å². The summed E-state index contributed by atoms with van der Waals surface area (Å²) in [7, 11) is -1.40. The van der Waals surface area contributed by atoms with Crippen molar-refractivity contribution in [2.75, 3.05) is 25.0 Å². The number of nitrogens with zero attached hydrogens (tertiary/aromatic N) is 2. The molecule has 0 heterocycles. The highest BCUT2D eigenvalue weighted by molar-refractivity contribution is 7.92. The number of anilines is 1. The zero-order chi connectivity index (χ0) is 31.0. The van der Waals surface area contributed by atoms with Gasteiger partial charge in [-0.1, -0.05) is 60.1 Å². The van der Waals surface area contributed by atoms with Gasteiger partial charge in [0.2, 0.25) is 11.8 Å². The minimum absolute atomic E-state index is 0.0662. The average Bonchev–Trinajstić information content (AvgIpc) is 3.02. The number of nitrogens with one attached hydrogen (secondary N) is 1. The van der Waals surface area contributed by atoms with Crippen molar-refractivity contribution in [3.05, 3.63) is 125 Å². The smallest absolute Gasteiger partial charge is 0.264 e. The predicted octanol–water partition coefficient (Wildman–Crippen LogP) is 5.07. The summed E-state index contributed by atoms with van der Waals surface area (Å²) >= 11 is 6.45. The molecule has 2 amide bonds. The summed E-state index contributed by atoms with van der Waals surface area (Å²) in [4.78, 5) is 28.8. The van der Waals surface area contributed by atoms with Gasteiger partial charge in [-0.3, -0.25) is 13.9 Å². The number of sulfonamides is 1. The van der Waals surface area contributed by atoms with E-state index in [2.05, 4.69) is 5.32 Å². The number of amides is 2. The van der Waals surface area contributed by atoms with Gasteiger partial charge >= 0.3 is 0 Å².